The standard InChI is InChI=1S/C14H16BN3/c1-9(2)7-18-8-15-12-13(18)10-5-3-4-6-11(10)17-14(12)16/h3-6,8-9H,7H2,1-2H3,(H2,16,17). The molecular weight excluding hydrogens is 221 g/mol. The molecule has 0 amide bonds. The summed E-state index contributed by atoms with van der Waals surface area (Å²) in [7, 11) is 0. The Kier molecular flexibility index (Phi) is 2.58. The molecule has 90 valence electrons. The molecule has 2 N–H and O–H groups in total. The van der Waals surface area contributed by atoms with Crippen molar-refractivity contribution in [1.82, 2.24) is 9.55 Å². The van der Waals surface area contributed by atoms with Crippen LogP contribution in [0.1, 0.15) is 13.8 Å². The van der Waals surface area contributed by atoms with Gasteiger partial charge in [-0.1, -0.05) is 0 Å². The van der Waals surface area contributed by atoms with Gasteiger partial charge in [-0.3, -0.25) is 0 Å². The molecule has 3 aromatic rings. The Hall–Kier alpha value is -1.84. The third-order valence-electron chi connectivity index (χ3n) is 3.20. The third kappa shape index (κ3) is 1.69. The minimum absolute atomic E-state index is 0.605. The number of nitrogens with two attached hydrogens (primary N) is 1. The van der Waals surface area contributed by atoms with Crippen LogP contribution in [0.2, 0.25) is 0 Å². The monoisotopic (exact) mass is 237 g/mol. The Morgan fingerprint density at radius 3 is 2.89 bits per heavy atom. The number of fused-ring (bicyclic) bond motifs is 3. The molecule has 18 heavy (non-hydrogen) atoms. The van der Waals surface area contributed by atoms with E-state index in [-0.39, 0.29) is 0 Å². The van der Waals surface area contributed by atoms with Gasteiger partial charge in [-0.15, -0.1) is 0 Å². The predicted molar refractivity (Wildman–Crippen MR) is 77.8 cm³/mol. The number of aromatic nitrogens is 2. The van der Waals surface area contributed by atoms with Crippen molar-refractivity contribution < 1.29 is 0 Å². The van der Waals surface area contributed by atoms with E-state index in [1.54, 1.807) is 0 Å². The molecule has 0 spiro atoms. The minimum atomic E-state index is 0.605. The molecule has 3 nitrogen and oxygen atoms in total. The van der Waals surface area contributed by atoms with E-state index in [1.165, 1.54) is 10.9 Å². The van der Waals surface area contributed by atoms with E-state index in [0.29, 0.717) is 11.7 Å². The van der Waals surface area contributed by atoms with Crippen LogP contribution in [-0.2, 0) is 6.54 Å². The molecule has 0 aliphatic carbocycles. The fourth-order valence-electron chi connectivity index (χ4n) is 2.49. The van der Waals surface area contributed by atoms with Gasteiger partial charge in [-0.05, 0) is 0 Å². The van der Waals surface area contributed by atoms with Crippen LogP contribution in [0.25, 0.3) is 21.7 Å². The second-order valence-corrected chi connectivity index (χ2v) is 5.14. The summed E-state index contributed by atoms with van der Waals surface area (Å²) in [5.41, 5.74) is 8.21. The number of benzene rings is 1. The Bertz CT molecular complexity index is 715. The van der Waals surface area contributed by atoms with Crippen molar-refractivity contribution in [2.75, 3.05) is 5.73 Å². The quantitative estimate of drug-likeness (QED) is 0.744. The van der Waals surface area contributed by atoms with Crippen molar-refractivity contribution in [2.45, 2.75) is 20.4 Å². The average molecular weight is 237 g/mol. The number of para-hydroxylation sites is 1. The van der Waals surface area contributed by atoms with E-state index in [4.69, 9.17) is 5.73 Å². The van der Waals surface area contributed by atoms with Gasteiger partial charge in [0.15, 0.2) is 0 Å². The molecule has 1 aromatic carbocycles. The number of nitrogen functional groups attached to an aromatic ring is 1. The molecule has 0 saturated carbocycles. The van der Waals surface area contributed by atoms with Crippen LogP contribution in [0.3, 0.4) is 0 Å². The molecule has 0 radical (unpaired) electrons. The second kappa shape index (κ2) is 4.12. The van der Waals surface area contributed by atoms with Gasteiger partial charge in [-0.25, -0.2) is 0 Å². The van der Waals surface area contributed by atoms with E-state index in [2.05, 4.69) is 42.5 Å². The topological polar surface area (TPSA) is 43.8 Å². The van der Waals surface area contributed by atoms with Crippen molar-refractivity contribution >= 4 is 34.4 Å². The average Bonchev–Trinajstić information content (AvgIpc) is 2.73. The number of hydrogen-bond acceptors (Lipinski definition) is 2. The molecule has 0 aliphatic heterocycles. The zero-order chi connectivity index (χ0) is 12.7. The molecule has 0 saturated heterocycles. The first kappa shape index (κ1) is 11.3. The number of rotatable bonds is 2. The van der Waals surface area contributed by atoms with Gasteiger partial charge in [-0.2, -0.15) is 0 Å². The Labute approximate surface area is 107 Å². The molecule has 0 unspecified atom stereocenters. The molecule has 0 aliphatic rings. The van der Waals surface area contributed by atoms with Gasteiger partial charge >= 0.3 is 106 Å². The number of anilines is 1. The van der Waals surface area contributed by atoms with E-state index in [1.807, 2.05) is 18.2 Å². The fraction of sp³-hybridized carbons (Fsp3) is 0.286. The first-order valence-electron chi connectivity index (χ1n) is 6.30. The van der Waals surface area contributed by atoms with Gasteiger partial charge in [0.2, 0.25) is 0 Å². The summed E-state index contributed by atoms with van der Waals surface area (Å²) in [6.45, 7) is 7.50. The van der Waals surface area contributed by atoms with Crippen LogP contribution in [-0.4, -0.2) is 16.5 Å². The van der Waals surface area contributed by atoms with E-state index >= 15 is 0 Å². The maximum absolute atomic E-state index is 6.04. The van der Waals surface area contributed by atoms with Crippen molar-refractivity contribution in [2.24, 2.45) is 5.92 Å². The zero-order valence-corrected chi connectivity index (χ0v) is 10.7. The van der Waals surface area contributed by atoms with Crippen LogP contribution < -0.4 is 5.73 Å². The maximum atomic E-state index is 6.04. The summed E-state index contributed by atoms with van der Waals surface area (Å²) < 4.78 is 2.28. The Morgan fingerprint density at radius 2 is 2.11 bits per heavy atom. The number of nitrogens with zero attached hydrogens (tertiary/aromatic N) is 2. The van der Waals surface area contributed by atoms with Crippen LogP contribution in [0.5, 0.6) is 0 Å². The number of hydrogen-bond donors (Lipinski definition) is 1. The van der Waals surface area contributed by atoms with Crippen LogP contribution in [0.15, 0.2) is 30.4 Å². The van der Waals surface area contributed by atoms with Crippen LogP contribution in [0, 0.1) is 5.92 Å². The molecule has 0 atom stereocenters. The summed E-state index contributed by atoms with van der Waals surface area (Å²) in [5, 5.41) is 2.22. The summed E-state index contributed by atoms with van der Waals surface area (Å²) in [4.78, 5) is 4.46. The van der Waals surface area contributed by atoms with Crippen LogP contribution in [0.4, 0.5) is 5.82 Å². The predicted octanol–water partition coefficient (Wildman–Crippen LogP) is 2.77. The van der Waals surface area contributed by atoms with Gasteiger partial charge in [0, 0.05) is 0 Å². The molecule has 2 aromatic heterocycles. The summed E-state index contributed by atoms with van der Waals surface area (Å²) >= 11 is 0. The SMILES string of the molecule is CC(C)Cn1cbc2c(N)nc3ccccc3c21. The zero-order valence-electron chi connectivity index (χ0n) is 10.7. The first-order valence-corrected chi connectivity index (χ1v) is 6.30. The molecule has 0 bridgehead atoms. The van der Waals surface area contributed by atoms with Gasteiger partial charge in [0.05, 0.1) is 0 Å². The van der Waals surface area contributed by atoms with E-state index in [0.717, 1.165) is 17.3 Å². The summed E-state index contributed by atoms with van der Waals surface area (Å²) in [6, 6.07) is 8.17. The van der Waals surface area contributed by atoms with E-state index < -0.39 is 0 Å². The molecule has 4 heteroatoms. The summed E-state index contributed by atoms with van der Waals surface area (Å²) in [6.07, 6.45) is 2.11. The second-order valence-electron chi connectivity index (χ2n) is 5.14. The molecule has 0 fully saturated rings. The normalized spacial score (nSPS) is 11.5. The third-order valence-corrected chi connectivity index (χ3v) is 3.20. The summed E-state index contributed by atoms with van der Waals surface area (Å²) in [5.74, 6) is 1.22. The first-order chi connectivity index (χ1) is 8.66. The van der Waals surface area contributed by atoms with Crippen molar-refractivity contribution in [3.05, 3.63) is 30.4 Å². The molecule has 2 heterocycles. The van der Waals surface area contributed by atoms with E-state index in [9.17, 15) is 0 Å². The van der Waals surface area contributed by atoms with Crippen LogP contribution >= 0.6 is 0 Å². The van der Waals surface area contributed by atoms with Gasteiger partial charge in [0.1, 0.15) is 0 Å². The molecular formula is C14H16BN3. The van der Waals surface area contributed by atoms with Crippen molar-refractivity contribution in [3.63, 3.8) is 0 Å². The number of pyridine rings is 1. The Balaban J connectivity index is 2.40. The fourth-order valence-corrected chi connectivity index (χ4v) is 2.49. The van der Waals surface area contributed by atoms with Gasteiger partial charge < -0.3 is 0 Å². The van der Waals surface area contributed by atoms with Crippen molar-refractivity contribution in [1.29, 1.82) is 0 Å². The van der Waals surface area contributed by atoms with Gasteiger partial charge in [0.25, 0.3) is 0 Å². The molecule has 3 rings (SSSR count). The van der Waals surface area contributed by atoms with Crippen molar-refractivity contribution in [3.8, 4) is 0 Å². The Morgan fingerprint density at radius 1 is 1.33 bits per heavy atom.